The Morgan fingerprint density at radius 1 is 0.284 bits per heavy atom. The number of nitrogens with one attached hydrogen (secondary N) is 3. The van der Waals surface area contributed by atoms with Crippen molar-refractivity contribution in [3.63, 3.8) is 0 Å². The van der Waals surface area contributed by atoms with Gasteiger partial charge in [0, 0.05) is 19.6 Å². The van der Waals surface area contributed by atoms with Crippen LogP contribution in [-0.4, -0.2) is 301 Å². The summed E-state index contributed by atoms with van der Waals surface area (Å²) in [5.41, 5.74) is -1.58. The maximum absolute atomic E-state index is 11.9. The van der Waals surface area contributed by atoms with E-state index in [0.717, 1.165) is 0 Å². The van der Waals surface area contributed by atoms with E-state index in [4.69, 9.17) is 99.5 Å². The zero-order valence-electron chi connectivity index (χ0n) is 54.4. The third-order valence-electron chi connectivity index (χ3n) is 10.00. The number of amides is 1. The largest absolute Gasteiger partial charge is 0.461 e. The molecule has 3 N–H and O–H groups in total. The molecule has 1 amide bonds. The fourth-order valence-corrected chi connectivity index (χ4v) is 6.26. The first kappa shape index (κ1) is 82.0. The summed E-state index contributed by atoms with van der Waals surface area (Å²) in [7, 11) is 0. The third-order valence-corrected chi connectivity index (χ3v) is 10.00. The van der Waals surface area contributed by atoms with Gasteiger partial charge in [-0.3, -0.25) is 9.59 Å². The summed E-state index contributed by atoms with van der Waals surface area (Å²) < 4.78 is 116. The normalized spacial score (nSPS) is 11.9. The van der Waals surface area contributed by atoms with Crippen LogP contribution in [0.3, 0.4) is 0 Å². The summed E-state index contributed by atoms with van der Waals surface area (Å²) in [6, 6.07) is 0.0857. The zero-order chi connectivity index (χ0) is 64.3. The van der Waals surface area contributed by atoms with Crippen molar-refractivity contribution in [3.05, 3.63) is 0 Å². The van der Waals surface area contributed by atoms with Gasteiger partial charge in [0.25, 0.3) is 0 Å². The van der Waals surface area contributed by atoms with Crippen LogP contribution in [0.4, 0.5) is 16.7 Å². The minimum Gasteiger partial charge on any atom is -0.461 e. The number of hydrogen-bond acceptors (Lipinski definition) is 29. The van der Waals surface area contributed by atoms with Crippen molar-refractivity contribution in [1.82, 2.24) is 20.3 Å². The number of nitrogens with zero attached hydrogens (tertiary/aromatic N) is 3. The van der Waals surface area contributed by atoms with E-state index in [1.165, 1.54) is 0 Å². The van der Waals surface area contributed by atoms with Gasteiger partial charge in [0.2, 0.25) is 11.9 Å². The highest BCUT2D eigenvalue weighted by Crippen LogP contribution is 2.12. The van der Waals surface area contributed by atoms with Crippen molar-refractivity contribution in [2.45, 2.75) is 92.0 Å². The van der Waals surface area contributed by atoms with E-state index in [1.807, 2.05) is 41.5 Å². The smallest absolute Gasteiger partial charge is 0.407 e. The van der Waals surface area contributed by atoms with Crippen molar-refractivity contribution >= 4 is 29.9 Å². The fraction of sp³-hybridized carbons (Fsp3) is 0.897. The van der Waals surface area contributed by atoms with Gasteiger partial charge in [-0.15, -0.1) is 0 Å². The number of hydrogen-bond donors (Lipinski definition) is 3. The summed E-state index contributed by atoms with van der Waals surface area (Å²) in [6.45, 7) is 31.4. The number of alkyl carbamates (subject to hydrolysis) is 1. The SMILES string of the molecule is CC(C)(C)OC(=O)CCOCCOCCOCCOCCOCCOCCOCCOCCNc1nc(NCCOCCOCCOCCOCCOCCOCCOCCOCCC(=O)OC(C)(C)C)nc(OCCOCCNC(=O)OC(C)(C)C)n1. The van der Waals surface area contributed by atoms with Gasteiger partial charge in [-0.05, 0) is 62.3 Å². The Bertz CT molecular complexity index is 1680. The van der Waals surface area contributed by atoms with Gasteiger partial charge in [-0.25, -0.2) is 4.79 Å². The Morgan fingerprint density at radius 2 is 0.511 bits per heavy atom. The first-order valence-corrected chi connectivity index (χ1v) is 30.5. The molecule has 0 aromatic carbocycles. The van der Waals surface area contributed by atoms with Crippen LogP contribution in [0.5, 0.6) is 6.01 Å². The maximum Gasteiger partial charge on any atom is 0.407 e. The molecule has 0 aliphatic rings. The number of carbonyl (C=O) groups is 3. The highest BCUT2D eigenvalue weighted by molar-refractivity contribution is 5.70. The molecule has 0 spiro atoms. The number of aromatic nitrogens is 3. The molecule has 30 heteroatoms. The van der Waals surface area contributed by atoms with Gasteiger partial charge in [-0.1, -0.05) is 0 Å². The minimum absolute atomic E-state index is 0.0857. The number of ether oxygens (including phenoxy) is 21. The Labute approximate surface area is 522 Å². The predicted octanol–water partition coefficient (Wildman–Crippen LogP) is 3.34. The van der Waals surface area contributed by atoms with E-state index in [-0.39, 0.29) is 69.1 Å². The summed E-state index contributed by atoms with van der Waals surface area (Å²) in [5, 5.41) is 8.92. The summed E-state index contributed by atoms with van der Waals surface area (Å²) in [5.74, 6) is 0.00366. The number of carbonyl (C=O) groups excluding carboxylic acids is 3. The van der Waals surface area contributed by atoms with Crippen molar-refractivity contribution in [1.29, 1.82) is 0 Å². The fourth-order valence-electron chi connectivity index (χ4n) is 6.26. The second-order valence-corrected chi connectivity index (χ2v) is 21.5. The van der Waals surface area contributed by atoms with Gasteiger partial charge in [0.05, 0.1) is 237 Å². The Morgan fingerprint density at radius 3 is 0.773 bits per heavy atom. The van der Waals surface area contributed by atoms with Crippen molar-refractivity contribution in [3.8, 4) is 6.01 Å². The van der Waals surface area contributed by atoms with Crippen molar-refractivity contribution in [2.24, 2.45) is 0 Å². The van der Waals surface area contributed by atoms with E-state index in [0.29, 0.717) is 225 Å². The van der Waals surface area contributed by atoms with Crippen LogP contribution in [-0.2, 0) is 104 Å². The number of rotatable bonds is 63. The second kappa shape index (κ2) is 56.9. The Balaban J connectivity index is 2.11. The molecule has 1 rings (SSSR count). The molecule has 88 heavy (non-hydrogen) atoms. The molecule has 0 bridgehead atoms. The Kier molecular flexibility index (Phi) is 53.0. The lowest BCUT2D eigenvalue weighted by Crippen LogP contribution is -2.34. The molecule has 0 saturated heterocycles. The molecule has 0 saturated carbocycles. The van der Waals surface area contributed by atoms with Gasteiger partial charge >= 0.3 is 24.0 Å². The van der Waals surface area contributed by atoms with Crippen LogP contribution in [0.2, 0.25) is 0 Å². The topological polar surface area (TPSA) is 320 Å². The van der Waals surface area contributed by atoms with E-state index < -0.39 is 22.9 Å². The minimum atomic E-state index is -0.592. The van der Waals surface area contributed by atoms with Gasteiger partial charge in [0.15, 0.2) is 0 Å². The van der Waals surface area contributed by atoms with Crippen LogP contribution in [0, 0.1) is 0 Å². The summed E-state index contributed by atoms with van der Waals surface area (Å²) >= 11 is 0. The van der Waals surface area contributed by atoms with E-state index in [9.17, 15) is 14.4 Å². The molecular formula is C58H110N6O24. The van der Waals surface area contributed by atoms with Crippen molar-refractivity contribution < 1.29 is 114 Å². The highest BCUT2D eigenvalue weighted by Gasteiger charge is 2.18. The predicted molar refractivity (Wildman–Crippen MR) is 321 cm³/mol. The van der Waals surface area contributed by atoms with Crippen LogP contribution in [0.1, 0.15) is 75.2 Å². The molecule has 0 aliphatic carbocycles. The van der Waals surface area contributed by atoms with Crippen LogP contribution < -0.4 is 20.7 Å². The van der Waals surface area contributed by atoms with Gasteiger partial charge < -0.3 is 115 Å². The Hall–Kier alpha value is -4.06. The lowest BCUT2D eigenvalue weighted by atomic mass is 10.2. The van der Waals surface area contributed by atoms with Gasteiger partial charge in [-0.2, -0.15) is 15.0 Å². The van der Waals surface area contributed by atoms with E-state index in [1.54, 1.807) is 20.8 Å². The summed E-state index contributed by atoms with van der Waals surface area (Å²) in [4.78, 5) is 48.4. The molecule has 1 heterocycles. The molecule has 0 aliphatic heterocycles. The average molecular weight is 1280 g/mol. The van der Waals surface area contributed by atoms with E-state index >= 15 is 0 Å². The summed E-state index contributed by atoms with van der Waals surface area (Å²) in [6.07, 6.45) is -0.0935. The lowest BCUT2D eigenvalue weighted by Gasteiger charge is -2.19. The van der Waals surface area contributed by atoms with Crippen LogP contribution >= 0.6 is 0 Å². The highest BCUT2D eigenvalue weighted by atomic mass is 16.6. The number of anilines is 2. The van der Waals surface area contributed by atoms with E-state index in [2.05, 4.69) is 30.9 Å². The standard InChI is InChI=1S/C58H110N6O24/c1-56(2,3)86-50(65)10-15-68-20-24-73-28-32-77-36-40-81-44-46-83-42-38-79-34-30-75-26-22-70-17-12-59-52-62-53(64-54(63-52)85-49-48-72-19-14-61-55(67)88-58(7,8)9)60-13-18-71-23-27-76-31-35-80-39-43-84-47-45-82-41-37-78-33-29-74-25-21-69-16-11-51(66)87-57(4,5)6/h10-49H2,1-9H3,(H,61,67)(H2,59,60,62,63,64). The molecule has 0 fully saturated rings. The molecular weight excluding hydrogens is 1160 g/mol. The van der Waals surface area contributed by atoms with Gasteiger partial charge in [0.1, 0.15) is 23.4 Å². The molecule has 0 radical (unpaired) electrons. The van der Waals surface area contributed by atoms with Crippen LogP contribution in [0.15, 0.2) is 0 Å². The average Bonchev–Trinajstić information content (AvgIpc) is 3.58. The molecule has 1 aromatic heterocycles. The van der Waals surface area contributed by atoms with Crippen molar-refractivity contribution in [2.75, 3.05) is 262 Å². The third kappa shape index (κ3) is 62.1. The molecule has 516 valence electrons. The molecule has 0 atom stereocenters. The first-order valence-electron chi connectivity index (χ1n) is 30.5. The quantitative estimate of drug-likeness (QED) is 0.0478. The first-order chi connectivity index (χ1) is 42.4. The lowest BCUT2D eigenvalue weighted by molar-refractivity contribution is -0.157. The molecule has 0 unspecified atom stereocenters. The maximum atomic E-state index is 11.9. The van der Waals surface area contributed by atoms with Crippen LogP contribution in [0.25, 0.3) is 0 Å². The monoisotopic (exact) mass is 1270 g/mol. The molecule has 1 aromatic rings. The molecule has 30 nitrogen and oxygen atoms in total. The zero-order valence-corrected chi connectivity index (χ0v) is 54.4. The number of esters is 2. The second-order valence-electron chi connectivity index (χ2n) is 21.5.